The van der Waals surface area contributed by atoms with Crippen LogP contribution in [0.1, 0.15) is 30.0 Å². The predicted octanol–water partition coefficient (Wildman–Crippen LogP) is 4.76. The molecule has 32 heavy (non-hydrogen) atoms. The van der Waals surface area contributed by atoms with Gasteiger partial charge in [-0.25, -0.2) is 8.78 Å². The standard InChI is InChI=1S/C24H27F2N3O3/c1-30-16-10-21(31-2)18(22(11-16)32-3)14-29-9-5-6-15(13-29)24-17(12-27-28-24)23-19(25)7-4-8-20(23)26/h4,7-8,10-12,15H,5-6,9,13-14H2,1-3H3,(H,27,28)/t15-/m1/s1. The van der Waals surface area contributed by atoms with E-state index in [-0.39, 0.29) is 11.5 Å². The molecule has 1 aliphatic heterocycles. The third kappa shape index (κ3) is 4.27. The normalized spacial score (nSPS) is 16.7. The Morgan fingerprint density at radius 1 is 1.06 bits per heavy atom. The van der Waals surface area contributed by atoms with E-state index < -0.39 is 11.6 Å². The number of rotatable bonds is 7. The SMILES string of the molecule is COc1cc(OC)c(CN2CCC[C@@H](c3[nH]ncc3-c3c(F)cccc3F)C2)c(OC)c1. The van der Waals surface area contributed by atoms with Gasteiger partial charge in [0.2, 0.25) is 0 Å². The van der Waals surface area contributed by atoms with E-state index >= 15 is 0 Å². The first-order valence-corrected chi connectivity index (χ1v) is 10.5. The van der Waals surface area contributed by atoms with Crippen LogP contribution in [0.25, 0.3) is 11.1 Å². The number of ether oxygens (including phenoxy) is 3. The number of piperidine rings is 1. The van der Waals surface area contributed by atoms with Crippen molar-refractivity contribution in [3.8, 4) is 28.4 Å². The quantitative estimate of drug-likeness (QED) is 0.571. The number of nitrogens with one attached hydrogen (secondary N) is 1. The lowest BCUT2D eigenvalue weighted by atomic mass is 9.90. The summed E-state index contributed by atoms with van der Waals surface area (Å²) in [5, 5.41) is 7.11. The van der Waals surface area contributed by atoms with Crippen molar-refractivity contribution in [1.29, 1.82) is 0 Å². The van der Waals surface area contributed by atoms with Crippen LogP contribution in [0.3, 0.4) is 0 Å². The van der Waals surface area contributed by atoms with Crippen molar-refractivity contribution in [2.45, 2.75) is 25.3 Å². The number of aromatic nitrogens is 2. The Kier molecular flexibility index (Phi) is 6.60. The largest absolute Gasteiger partial charge is 0.496 e. The van der Waals surface area contributed by atoms with Gasteiger partial charge in [0.15, 0.2) is 0 Å². The van der Waals surface area contributed by atoms with Crippen LogP contribution in [0.5, 0.6) is 17.2 Å². The van der Waals surface area contributed by atoms with Crippen LogP contribution in [-0.4, -0.2) is 49.5 Å². The van der Waals surface area contributed by atoms with Gasteiger partial charge in [0.05, 0.1) is 38.7 Å². The number of likely N-dealkylation sites (tertiary alicyclic amines) is 1. The van der Waals surface area contributed by atoms with E-state index in [0.717, 1.165) is 30.6 Å². The third-order valence-electron chi connectivity index (χ3n) is 6.01. The number of nitrogens with zero attached hydrogens (tertiary/aromatic N) is 2. The van der Waals surface area contributed by atoms with E-state index in [9.17, 15) is 8.78 Å². The van der Waals surface area contributed by atoms with E-state index in [0.29, 0.717) is 35.9 Å². The summed E-state index contributed by atoms with van der Waals surface area (Å²) >= 11 is 0. The second-order valence-corrected chi connectivity index (χ2v) is 7.88. The average molecular weight is 443 g/mol. The van der Waals surface area contributed by atoms with Gasteiger partial charge in [-0.2, -0.15) is 5.10 Å². The molecule has 1 aromatic heterocycles. The van der Waals surface area contributed by atoms with Gasteiger partial charge in [0, 0.05) is 42.4 Å². The molecule has 0 aliphatic carbocycles. The van der Waals surface area contributed by atoms with Gasteiger partial charge >= 0.3 is 0 Å². The van der Waals surface area contributed by atoms with Gasteiger partial charge in [0.1, 0.15) is 28.9 Å². The van der Waals surface area contributed by atoms with E-state index in [1.165, 1.54) is 24.4 Å². The minimum absolute atomic E-state index is 0.0353. The summed E-state index contributed by atoms with van der Waals surface area (Å²) in [6.07, 6.45) is 3.35. The molecule has 1 saturated heterocycles. The predicted molar refractivity (Wildman–Crippen MR) is 117 cm³/mol. The Hall–Kier alpha value is -3.13. The van der Waals surface area contributed by atoms with Crippen LogP contribution in [0.15, 0.2) is 36.5 Å². The maximum atomic E-state index is 14.4. The molecular formula is C24H27F2N3O3. The van der Waals surface area contributed by atoms with Crippen molar-refractivity contribution < 1.29 is 23.0 Å². The molecule has 0 spiro atoms. The zero-order valence-corrected chi connectivity index (χ0v) is 18.5. The van der Waals surface area contributed by atoms with Crippen LogP contribution in [0.2, 0.25) is 0 Å². The van der Waals surface area contributed by atoms with Gasteiger partial charge in [-0.05, 0) is 31.5 Å². The van der Waals surface area contributed by atoms with Gasteiger partial charge in [-0.1, -0.05) is 6.07 Å². The summed E-state index contributed by atoms with van der Waals surface area (Å²) < 4.78 is 45.4. The molecule has 2 aromatic carbocycles. The van der Waals surface area contributed by atoms with Gasteiger partial charge in [-0.3, -0.25) is 10.00 Å². The number of H-pyrrole nitrogens is 1. The molecular weight excluding hydrogens is 416 g/mol. The molecule has 0 bridgehead atoms. The molecule has 0 saturated carbocycles. The molecule has 0 amide bonds. The maximum absolute atomic E-state index is 14.4. The number of hydrogen-bond donors (Lipinski definition) is 1. The topological polar surface area (TPSA) is 59.6 Å². The summed E-state index contributed by atoms with van der Waals surface area (Å²) in [6.45, 7) is 2.22. The first-order valence-electron chi connectivity index (χ1n) is 10.5. The second-order valence-electron chi connectivity index (χ2n) is 7.88. The van der Waals surface area contributed by atoms with E-state index in [2.05, 4.69) is 15.1 Å². The van der Waals surface area contributed by atoms with Crippen molar-refractivity contribution in [3.63, 3.8) is 0 Å². The van der Waals surface area contributed by atoms with Crippen molar-refractivity contribution in [2.75, 3.05) is 34.4 Å². The Labute approximate surface area is 186 Å². The van der Waals surface area contributed by atoms with Crippen LogP contribution in [-0.2, 0) is 6.54 Å². The van der Waals surface area contributed by atoms with E-state index in [1.54, 1.807) is 21.3 Å². The molecule has 170 valence electrons. The highest BCUT2D eigenvalue weighted by molar-refractivity contribution is 5.67. The minimum Gasteiger partial charge on any atom is -0.496 e. The highest BCUT2D eigenvalue weighted by Crippen LogP contribution is 2.38. The summed E-state index contributed by atoms with van der Waals surface area (Å²) in [5.41, 5.74) is 2.13. The van der Waals surface area contributed by atoms with Crippen molar-refractivity contribution in [2.24, 2.45) is 0 Å². The third-order valence-corrected chi connectivity index (χ3v) is 6.01. The monoisotopic (exact) mass is 443 g/mol. The van der Waals surface area contributed by atoms with Crippen molar-refractivity contribution >= 4 is 0 Å². The minimum atomic E-state index is -0.590. The lowest BCUT2D eigenvalue weighted by molar-refractivity contribution is 0.194. The molecule has 6 nitrogen and oxygen atoms in total. The lowest BCUT2D eigenvalue weighted by Crippen LogP contribution is -2.34. The molecule has 2 heterocycles. The van der Waals surface area contributed by atoms with Gasteiger partial charge < -0.3 is 14.2 Å². The molecule has 3 aromatic rings. The van der Waals surface area contributed by atoms with Crippen LogP contribution >= 0.6 is 0 Å². The second kappa shape index (κ2) is 9.56. The highest BCUT2D eigenvalue weighted by Gasteiger charge is 2.28. The van der Waals surface area contributed by atoms with E-state index in [4.69, 9.17) is 14.2 Å². The van der Waals surface area contributed by atoms with Gasteiger partial charge in [0.25, 0.3) is 0 Å². The van der Waals surface area contributed by atoms with Gasteiger partial charge in [-0.15, -0.1) is 0 Å². The number of aromatic amines is 1. The Morgan fingerprint density at radius 2 is 1.75 bits per heavy atom. The van der Waals surface area contributed by atoms with Crippen LogP contribution in [0.4, 0.5) is 8.78 Å². The van der Waals surface area contributed by atoms with Crippen LogP contribution < -0.4 is 14.2 Å². The molecule has 1 atom stereocenters. The molecule has 4 rings (SSSR count). The highest BCUT2D eigenvalue weighted by atomic mass is 19.1. The number of hydrogen-bond acceptors (Lipinski definition) is 5. The number of halogens is 2. The molecule has 0 unspecified atom stereocenters. The zero-order chi connectivity index (χ0) is 22.7. The first kappa shape index (κ1) is 22.1. The maximum Gasteiger partial charge on any atom is 0.134 e. The lowest BCUT2D eigenvalue weighted by Gasteiger charge is -2.33. The average Bonchev–Trinajstić information content (AvgIpc) is 3.28. The number of benzene rings is 2. The summed E-state index contributed by atoms with van der Waals surface area (Å²) in [5.74, 6) is 0.933. The fraction of sp³-hybridized carbons (Fsp3) is 0.375. The Morgan fingerprint density at radius 3 is 2.38 bits per heavy atom. The molecule has 8 heteroatoms. The number of methoxy groups -OCH3 is 3. The van der Waals surface area contributed by atoms with Crippen LogP contribution in [0, 0.1) is 11.6 Å². The van der Waals surface area contributed by atoms with E-state index in [1.807, 2.05) is 12.1 Å². The van der Waals surface area contributed by atoms with Crippen molar-refractivity contribution in [1.82, 2.24) is 15.1 Å². The summed E-state index contributed by atoms with van der Waals surface area (Å²) in [6, 6.07) is 7.58. The molecule has 1 fully saturated rings. The fourth-order valence-electron chi connectivity index (χ4n) is 4.45. The fourth-order valence-corrected chi connectivity index (χ4v) is 4.45. The smallest absolute Gasteiger partial charge is 0.134 e. The first-order chi connectivity index (χ1) is 15.5. The Balaban J connectivity index is 1.60. The van der Waals surface area contributed by atoms with Crippen molar-refractivity contribution in [3.05, 3.63) is 59.4 Å². The zero-order valence-electron chi connectivity index (χ0n) is 18.5. The summed E-state index contributed by atoms with van der Waals surface area (Å²) in [7, 11) is 4.84. The summed E-state index contributed by atoms with van der Waals surface area (Å²) in [4.78, 5) is 2.29. The molecule has 1 aliphatic rings. The molecule has 0 radical (unpaired) electrons. The Bertz CT molecular complexity index is 1040. The molecule has 1 N–H and O–H groups in total.